The molecule has 0 spiro atoms. The molecule has 4 atom stereocenters. The quantitative estimate of drug-likeness (QED) is 0.166. The Labute approximate surface area is 253 Å². The summed E-state index contributed by atoms with van der Waals surface area (Å²) in [6.45, 7) is 1.35. The molecule has 4 aromatic rings. The average molecular weight is 604 g/mol. The molecule has 8 nitrogen and oxygen atoms in total. The van der Waals surface area contributed by atoms with Crippen LogP contribution in [0.2, 0.25) is 0 Å². The molecule has 1 saturated heterocycles. The fourth-order valence-corrected chi connectivity index (χ4v) is 6.59. The Morgan fingerprint density at radius 3 is 2.48 bits per heavy atom. The summed E-state index contributed by atoms with van der Waals surface area (Å²) in [5.41, 5.74) is 4.31. The second-order valence-electron chi connectivity index (χ2n) is 10.3. The summed E-state index contributed by atoms with van der Waals surface area (Å²) in [6, 6.07) is 28.2. The molecule has 3 unspecified atom stereocenters. The zero-order valence-corrected chi connectivity index (χ0v) is 25.2. The summed E-state index contributed by atoms with van der Waals surface area (Å²) in [7, 11) is 3.98. The SMILES string of the molecule is CN(C)CCOc1ccc([C@H](NC(=O)C2NC(c3cc(-c4ccccc4)ccc3[SH+](=O)O)CS2)c2ccccc2)nc1. The van der Waals surface area contributed by atoms with E-state index < -0.39 is 22.5 Å². The van der Waals surface area contributed by atoms with Crippen molar-refractivity contribution in [3.63, 3.8) is 0 Å². The molecule has 1 aromatic heterocycles. The van der Waals surface area contributed by atoms with Crippen LogP contribution in [-0.4, -0.2) is 58.7 Å². The standard InChI is InChI=1S/C32H34N4O4S2/c1-36(2)17-18-40-25-14-15-27(33-20-25)30(23-11-7-4-8-12-23)35-31(37)32-34-28(21-41-32)26-19-24(13-16-29(26)42(38)39)22-9-5-3-6-10-22/h3-16,19-20,28,30,32,34H,17-18,21H2,1-2H3,(H,35,37)(H,38,39)/p+1/t28?,30-,32?/m1/s1. The molecule has 0 radical (unpaired) electrons. The number of nitrogens with zero attached hydrogens (tertiary/aromatic N) is 2. The number of benzene rings is 3. The summed E-state index contributed by atoms with van der Waals surface area (Å²) in [6.07, 6.45) is 1.68. The van der Waals surface area contributed by atoms with E-state index in [1.165, 1.54) is 11.8 Å². The minimum atomic E-state index is -2.55. The van der Waals surface area contributed by atoms with E-state index >= 15 is 0 Å². The lowest BCUT2D eigenvalue weighted by atomic mass is 10.00. The molecule has 218 valence electrons. The molecule has 3 N–H and O–H groups in total. The van der Waals surface area contributed by atoms with Gasteiger partial charge in [0.05, 0.1) is 17.9 Å². The Morgan fingerprint density at radius 1 is 1.07 bits per heavy atom. The van der Waals surface area contributed by atoms with Crippen LogP contribution >= 0.6 is 11.8 Å². The number of rotatable bonds is 11. The highest BCUT2D eigenvalue weighted by molar-refractivity contribution is 8.00. The van der Waals surface area contributed by atoms with E-state index in [2.05, 4.69) is 15.6 Å². The number of hydrogen-bond acceptors (Lipinski definition) is 7. The van der Waals surface area contributed by atoms with Gasteiger partial charge in [-0.1, -0.05) is 64.9 Å². The first-order valence-electron chi connectivity index (χ1n) is 13.7. The van der Waals surface area contributed by atoms with Crippen molar-refractivity contribution in [1.82, 2.24) is 20.5 Å². The monoisotopic (exact) mass is 603 g/mol. The van der Waals surface area contributed by atoms with Gasteiger partial charge in [0.2, 0.25) is 17.0 Å². The van der Waals surface area contributed by atoms with Gasteiger partial charge in [-0.05, 0) is 61.1 Å². The van der Waals surface area contributed by atoms with Crippen LogP contribution in [0.25, 0.3) is 11.1 Å². The van der Waals surface area contributed by atoms with Crippen molar-refractivity contribution in [3.8, 4) is 16.9 Å². The number of ether oxygens (including phenoxy) is 1. The fraction of sp³-hybridized carbons (Fsp3) is 0.250. The van der Waals surface area contributed by atoms with E-state index in [0.29, 0.717) is 28.7 Å². The second kappa shape index (κ2) is 14.1. The predicted molar refractivity (Wildman–Crippen MR) is 169 cm³/mol. The maximum atomic E-state index is 13.6. The lowest BCUT2D eigenvalue weighted by Gasteiger charge is -2.22. The summed E-state index contributed by atoms with van der Waals surface area (Å²) in [4.78, 5) is 20.7. The zero-order valence-electron chi connectivity index (χ0n) is 23.5. The van der Waals surface area contributed by atoms with Gasteiger partial charge in [-0.25, -0.2) is 0 Å². The predicted octanol–water partition coefficient (Wildman–Crippen LogP) is 4.83. The largest absolute Gasteiger partial charge is 0.491 e. The third-order valence-electron chi connectivity index (χ3n) is 7.02. The molecule has 5 rings (SSSR count). The molecule has 1 amide bonds. The Hall–Kier alpha value is -3.54. The van der Waals surface area contributed by atoms with Crippen LogP contribution in [0.15, 0.2) is 102 Å². The normalized spacial score (nSPS) is 18.0. The Kier molecular flexibility index (Phi) is 10.0. The van der Waals surface area contributed by atoms with Crippen LogP contribution in [0.1, 0.15) is 28.9 Å². The molecule has 1 aliphatic heterocycles. The first-order valence-corrected chi connectivity index (χ1v) is 16.0. The summed E-state index contributed by atoms with van der Waals surface area (Å²) in [5, 5.41) is 6.03. The molecule has 42 heavy (non-hydrogen) atoms. The minimum absolute atomic E-state index is 0.182. The first kappa shape index (κ1) is 29.9. The van der Waals surface area contributed by atoms with Gasteiger partial charge in [0.15, 0.2) is 4.90 Å². The van der Waals surface area contributed by atoms with Crippen LogP contribution < -0.4 is 15.4 Å². The van der Waals surface area contributed by atoms with Gasteiger partial charge in [-0.3, -0.25) is 15.1 Å². The highest BCUT2D eigenvalue weighted by Gasteiger charge is 2.35. The number of nitrogens with one attached hydrogen (secondary N) is 2. The molecule has 1 aliphatic rings. The van der Waals surface area contributed by atoms with Crippen molar-refractivity contribution < 1.29 is 18.3 Å². The van der Waals surface area contributed by atoms with Crippen molar-refractivity contribution >= 4 is 28.7 Å². The van der Waals surface area contributed by atoms with Crippen molar-refractivity contribution in [3.05, 3.63) is 114 Å². The van der Waals surface area contributed by atoms with Crippen LogP contribution in [0.5, 0.6) is 5.75 Å². The summed E-state index contributed by atoms with van der Waals surface area (Å²) in [5.74, 6) is 1.07. The Balaban J connectivity index is 1.32. The first-order chi connectivity index (χ1) is 20.4. The molecule has 0 aliphatic carbocycles. The zero-order chi connectivity index (χ0) is 29.5. The molecule has 0 bridgehead atoms. The number of thioether (sulfide) groups is 1. The van der Waals surface area contributed by atoms with E-state index in [4.69, 9.17) is 4.74 Å². The minimum Gasteiger partial charge on any atom is -0.491 e. The number of carbonyl (C=O) groups excluding carboxylic acids is 1. The van der Waals surface area contributed by atoms with E-state index in [1.807, 2.05) is 104 Å². The smallest absolute Gasteiger partial charge is 0.248 e. The van der Waals surface area contributed by atoms with Gasteiger partial charge in [0.25, 0.3) is 0 Å². The summed E-state index contributed by atoms with van der Waals surface area (Å²) >= 11 is -1.07. The van der Waals surface area contributed by atoms with Gasteiger partial charge < -0.3 is 15.0 Å². The van der Waals surface area contributed by atoms with E-state index in [9.17, 15) is 13.6 Å². The van der Waals surface area contributed by atoms with Gasteiger partial charge in [0, 0.05) is 23.9 Å². The van der Waals surface area contributed by atoms with Crippen LogP contribution in [0, 0.1) is 0 Å². The molecular weight excluding hydrogens is 569 g/mol. The number of amides is 1. The number of hydrogen-bond donors (Lipinski definition) is 3. The number of likely N-dealkylation sites (N-methyl/N-ethyl adjacent to an activating group) is 1. The lowest BCUT2D eigenvalue weighted by Crippen LogP contribution is -2.42. The van der Waals surface area contributed by atoms with Gasteiger partial charge in [-0.15, -0.1) is 11.8 Å². The average Bonchev–Trinajstić information content (AvgIpc) is 3.51. The highest BCUT2D eigenvalue weighted by atomic mass is 32.2. The van der Waals surface area contributed by atoms with E-state index in [1.54, 1.807) is 12.3 Å². The Bertz CT molecular complexity index is 1500. The molecule has 0 saturated carbocycles. The lowest BCUT2D eigenvalue weighted by molar-refractivity contribution is -0.121. The van der Waals surface area contributed by atoms with Gasteiger partial charge >= 0.3 is 0 Å². The maximum absolute atomic E-state index is 13.6. The second-order valence-corrected chi connectivity index (χ2v) is 12.4. The molecule has 3 aromatic carbocycles. The Morgan fingerprint density at radius 2 is 1.81 bits per heavy atom. The van der Waals surface area contributed by atoms with Crippen LogP contribution in [-0.2, 0) is 20.1 Å². The molecule has 2 heterocycles. The maximum Gasteiger partial charge on any atom is 0.248 e. The number of thiol groups is 1. The fourth-order valence-electron chi connectivity index (χ4n) is 4.81. The van der Waals surface area contributed by atoms with Crippen molar-refractivity contribution in [2.24, 2.45) is 0 Å². The topological polar surface area (TPSA) is 104 Å². The number of pyridine rings is 1. The highest BCUT2D eigenvalue weighted by Crippen LogP contribution is 2.35. The van der Waals surface area contributed by atoms with E-state index in [0.717, 1.165) is 28.8 Å². The van der Waals surface area contributed by atoms with Crippen molar-refractivity contribution in [2.45, 2.75) is 22.4 Å². The summed E-state index contributed by atoms with van der Waals surface area (Å²) < 4.78 is 28.1. The van der Waals surface area contributed by atoms with Crippen LogP contribution in [0.3, 0.4) is 0 Å². The van der Waals surface area contributed by atoms with Crippen molar-refractivity contribution in [1.29, 1.82) is 0 Å². The van der Waals surface area contributed by atoms with Gasteiger partial charge in [0.1, 0.15) is 17.7 Å². The number of aromatic nitrogens is 1. The number of carbonyl (C=O) groups is 1. The molecule has 10 heteroatoms. The molecular formula is C32H35N4O4S2+. The van der Waals surface area contributed by atoms with Crippen molar-refractivity contribution in [2.75, 3.05) is 33.0 Å². The third-order valence-corrected chi connectivity index (χ3v) is 9.05. The van der Waals surface area contributed by atoms with Crippen LogP contribution in [0.4, 0.5) is 0 Å². The third kappa shape index (κ3) is 7.45. The molecule has 1 fully saturated rings. The van der Waals surface area contributed by atoms with E-state index in [-0.39, 0.29) is 11.9 Å². The van der Waals surface area contributed by atoms with Gasteiger partial charge in [-0.2, -0.15) is 4.55 Å².